The van der Waals surface area contributed by atoms with E-state index in [0.717, 1.165) is 11.1 Å². The Hall–Kier alpha value is -3.89. The molecule has 0 saturated heterocycles. The van der Waals surface area contributed by atoms with Crippen molar-refractivity contribution in [1.82, 2.24) is 10.7 Å². The maximum Gasteiger partial charge on any atom is 0.329 e. The first-order valence-electron chi connectivity index (χ1n) is 12.3. The van der Waals surface area contributed by atoms with E-state index in [1.165, 1.54) is 18.9 Å². The molecule has 3 aromatic carbocycles. The van der Waals surface area contributed by atoms with Crippen LogP contribution in [0.2, 0.25) is 5.02 Å². The van der Waals surface area contributed by atoms with Crippen LogP contribution in [0.1, 0.15) is 42.0 Å². The quantitative estimate of drug-likeness (QED) is 0.159. The minimum Gasteiger partial charge on any atom is -0.493 e. The number of hydrogen-bond donors (Lipinski definition) is 3. The van der Waals surface area contributed by atoms with Crippen LogP contribution in [0.25, 0.3) is 0 Å². The molecule has 0 fully saturated rings. The highest BCUT2D eigenvalue weighted by atomic mass is 79.9. The van der Waals surface area contributed by atoms with Gasteiger partial charge in [-0.25, -0.2) is 5.43 Å². The Balaban J connectivity index is 1.54. The van der Waals surface area contributed by atoms with Crippen molar-refractivity contribution < 1.29 is 23.9 Å². The van der Waals surface area contributed by atoms with Crippen molar-refractivity contribution in [2.45, 2.75) is 33.2 Å². The number of carbonyl (C=O) groups excluding carboxylic acids is 3. The van der Waals surface area contributed by atoms with E-state index < -0.39 is 11.8 Å². The number of hydrazone groups is 1. The molecule has 9 nitrogen and oxygen atoms in total. The molecule has 0 bridgehead atoms. The molecule has 3 N–H and O–H groups in total. The number of benzene rings is 3. The lowest BCUT2D eigenvalue weighted by Gasteiger charge is -2.14. The second kappa shape index (κ2) is 14.5. The van der Waals surface area contributed by atoms with Gasteiger partial charge in [-0.3, -0.25) is 14.4 Å². The fraction of sp³-hybridized carbons (Fsp3) is 0.241. The van der Waals surface area contributed by atoms with Gasteiger partial charge >= 0.3 is 11.8 Å². The van der Waals surface area contributed by atoms with Crippen molar-refractivity contribution in [1.29, 1.82) is 0 Å². The zero-order valence-corrected chi connectivity index (χ0v) is 24.9. The third kappa shape index (κ3) is 8.56. The summed E-state index contributed by atoms with van der Waals surface area (Å²) in [5.74, 6) is -1.04. The largest absolute Gasteiger partial charge is 0.493 e. The van der Waals surface area contributed by atoms with Gasteiger partial charge < -0.3 is 20.1 Å². The number of carbonyl (C=O) groups is 3. The Morgan fingerprint density at radius 3 is 2.48 bits per heavy atom. The van der Waals surface area contributed by atoms with E-state index in [1.54, 1.807) is 37.3 Å². The number of nitrogens with zero attached hydrogens (tertiary/aromatic N) is 1. The average Bonchev–Trinajstić information content (AvgIpc) is 2.93. The molecule has 0 aliphatic carbocycles. The fourth-order valence-electron chi connectivity index (χ4n) is 3.52. The summed E-state index contributed by atoms with van der Waals surface area (Å²) in [6.45, 7) is 5.95. The molecule has 0 aromatic heterocycles. The molecule has 3 aromatic rings. The third-order valence-electron chi connectivity index (χ3n) is 5.83. The molecular formula is C29H30BrClN4O5. The van der Waals surface area contributed by atoms with Crippen LogP contribution in [-0.4, -0.2) is 37.7 Å². The van der Waals surface area contributed by atoms with E-state index in [0.29, 0.717) is 38.2 Å². The van der Waals surface area contributed by atoms with Crippen molar-refractivity contribution in [3.8, 4) is 11.5 Å². The predicted molar refractivity (Wildman–Crippen MR) is 159 cm³/mol. The molecule has 0 spiro atoms. The molecule has 11 heteroatoms. The summed E-state index contributed by atoms with van der Waals surface area (Å²) in [4.78, 5) is 36.7. The first kappa shape index (κ1) is 30.6. The average molecular weight is 630 g/mol. The number of amides is 3. The highest BCUT2D eigenvalue weighted by Gasteiger charge is 2.15. The summed E-state index contributed by atoms with van der Waals surface area (Å²) < 4.78 is 11.6. The molecular weight excluding hydrogens is 600 g/mol. The standard InChI is InChI=1S/C29H30BrClN4O5/c1-17(2)21-10-8-19(9-11-21)14-32-28(37)29(38)35-33-15-20-12-22(30)27(25(13-20)39-4)40-16-26(36)34-24-7-5-6-23(31)18(24)3/h5-13,15,17H,14,16H2,1-4H3,(H,32,37)(H,34,36)(H,35,38)/b33-15-. The predicted octanol–water partition coefficient (Wildman–Crippen LogP) is 5.33. The summed E-state index contributed by atoms with van der Waals surface area (Å²) >= 11 is 9.51. The van der Waals surface area contributed by atoms with Gasteiger partial charge in [-0.2, -0.15) is 5.10 Å². The lowest BCUT2D eigenvalue weighted by atomic mass is 10.0. The van der Waals surface area contributed by atoms with Crippen LogP contribution >= 0.6 is 27.5 Å². The SMILES string of the molecule is COc1cc(/C=N\NC(=O)C(=O)NCc2ccc(C(C)C)cc2)cc(Br)c1OCC(=O)Nc1cccc(Cl)c1C. The molecule has 40 heavy (non-hydrogen) atoms. The third-order valence-corrected chi connectivity index (χ3v) is 6.83. The van der Waals surface area contributed by atoms with Crippen molar-refractivity contribution in [3.63, 3.8) is 0 Å². The molecule has 210 valence electrons. The summed E-state index contributed by atoms with van der Waals surface area (Å²) in [6.07, 6.45) is 1.35. The van der Waals surface area contributed by atoms with E-state index in [4.69, 9.17) is 21.1 Å². The number of nitrogens with one attached hydrogen (secondary N) is 3. The van der Waals surface area contributed by atoms with Crippen LogP contribution in [0, 0.1) is 6.92 Å². The molecule has 3 rings (SSSR count). The van der Waals surface area contributed by atoms with Gasteiger partial charge in [0, 0.05) is 17.3 Å². The van der Waals surface area contributed by atoms with E-state index in [1.807, 2.05) is 24.3 Å². The van der Waals surface area contributed by atoms with Gasteiger partial charge in [0.2, 0.25) is 0 Å². The first-order valence-corrected chi connectivity index (χ1v) is 13.5. The molecule has 0 aliphatic rings. The zero-order valence-electron chi connectivity index (χ0n) is 22.5. The van der Waals surface area contributed by atoms with Crippen molar-refractivity contribution in [2.24, 2.45) is 5.10 Å². The van der Waals surface area contributed by atoms with Gasteiger partial charge in [0.25, 0.3) is 5.91 Å². The summed E-state index contributed by atoms with van der Waals surface area (Å²) in [5, 5.41) is 9.73. The highest BCUT2D eigenvalue weighted by Crippen LogP contribution is 2.36. The first-order chi connectivity index (χ1) is 19.1. The minimum atomic E-state index is -0.901. The van der Waals surface area contributed by atoms with Crippen LogP contribution < -0.4 is 25.5 Å². The Labute approximate surface area is 246 Å². The van der Waals surface area contributed by atoms with Gasteiger partial charge in [0.05, 0.1) is 17.8 Å². The van der Waals surface area contributed by atoms with Gasteiger partial charge in [-0.1, -0.05) is 55.8 Å². The number of halogens is 2. The maximum atomic E-state index is 12.4. The van der Waals surface area contributed by atoms with Crippen LogP contribution in [0.15, 0.2) is 64.2 Å². The number of hydrogen-bond acceptors (Lipinski definition) is 6. The lowest BCUT2D eigenvalue weighted by Crippen LogP contribution is -2.37. The Morgan fingerprint density at radius 2 is 1.80 bits per heavy atom. The highest BCUT2D eigenvalue weighted by molar-refractivity contribution is 9.10. The summed E-state index contributed by atoms with van der Waals surface area (Å²) in [6, 6.07) is 16.3. The van der Waals surface area contributed by atoms with Gasteiger partial charge in [0.15, 0.2) is 18.1 Å². The molecule has 0 aliphatic heterocycles. The zero-order chi connectivity index (χ0) is 29.2. The van der Waals surface area contributed by atoms with Gasteiger partial charge in [0.1, 0.15) is 0 Å². The number of ether oxygens (including phenoxy) is 2. The van der Waals surface area contributed by atoms with Crippen LogP contribution in [0.5, 0.6) is 11.5 Å². The van der Waals surface area contributed by atoms with Crippen molar-refractivity contribution in [2.75, 3.05) is 19.0 Å². The Bertz CT molecular complexity index is 1410. The second-order valence-corrected chi connectivity index (χ2v) is 10.3. The maximum absolute atomic E-state index is 12.4. The van der Waals surface area contributed by atoms with E-state index in [9.17, 15) is 14.4 Å². The molecule has 0 radical (unpaired) electrons. The smallest absolute Gasteiger partial charge is 0.329 e. The van der Waals surface area contributed by atoms with Crippen molar-refractivity contribution in [3.05, 3.63) is 86.3 Å². The van der Waals surface area contributed by atoms with Gasteiger partial charge in [-0.15, -0.1) is 0 Å². The number of rotatable bonds is 10. The molecule has 0 unspecified atom stereocenters. The summed E-state index contributed by atoms with van der Waals surface area (Å²) in [7, 11) is 1.45. The van der Waals surface area contributed by atoms with E-state index in [2.05, 4.69) is 50.9 Å². The monoisotopic (exact) mass is 628 g/mol. The lowest BCUT2D eigenvalue weighted by molar-refractivity contribution is -0.139. The number of anilines is 1. The minimum absolute atomic E-state index is 0.219. The van der Waals surface area contributed by atoms with Crippen LogP contribution in [0.3, 0.4) is 0 Å². The Morgan fingerprint density at radius 1 is 1.07 bits per heavy atom. The molecule has 3 amide bonds. The topological polar surface area (TPSA) is 118 Å². The van der Waals surface area contributed by atoms with Crippen LogP contribution in [0.4, 0.5) is 5.69 Å². The summed E-state index contributed by atoms with van der Waals surface area (Å²) in [5.41, 5.74) is 6.16. The Kier molecular flexibility index (Phi) is 11.1. The molecule has 0 atom stereocenters. The number of methoxy groups -OCH3 is 1. The van der Waals surface area contributed by atoms with Gasteiger partial charge in [-0.05, 0) is 75.3 Å². The molecule has 0 saturated carbocycles. The van der Waals surface area contributed by atoms with E-state index in [-0.39, 0.29) is 19.1 Å². The molecule has 0 heterocycles. The second-order valence-electron chi connectivity index (χ2n) is 9.06. The normalized spacial score (nSPS) is 10.9. The van der Waals surface area contributed by atoms with Crippen molar-refractivity contribution >= 4 is 57.2 Å². The fourth-order valence-corrected chi connectivity index (χ4v) is 4.27. The van der Waals surface area contributed by atoms with E-state index >= 15 is 0 Å². The van der Waals surface area contributed by atoms with Crippen LogP contribution in [-0.2, 0) is 20.9 Å².